The van der Waals surface area contributed by atoms with E-state index in [9.17, 15) is 9.59 Å². The second kappa shape index (κ2) is 3.98. The van der Waals surface area contributed by atoms with Gasteiger partial charge in [0, 0.05) is 19.7 Å². The summed E-state index contributed by atoms with van der Waals surface area (Å²) in [5, 5.41) is 0. The van der Waals surface area contributed by atoms with Crippen LogP contribution in [0.25, 0.3) is 0 Å². The molecule has 0 aliphatic carbocycles. The highest BCUT2D eigenvalue weighted by Gasteiger charge is 2.53. The lowest BCUT2D eigenvalue weighted by molar-refractivity contribution is -0.134. The molecule has 2 aliphatic rings. The van der Waals surface area contributed by atoms with Crippen molar-refractivity contribution in [2.45, 2.75) is 25.8 Å². The Morgan fingerprint density at radius 2 is 1.90 bits per heavy atom. The summed E-state index contributed by atoms with van der Waals surface area (Å²) >= 11 is 0. The van der Waals surface area contributed by atoms with E-state index in [1.54, 1.807) is 11.9 Å². The maximum Gasteiger partial charge on any atom is 0.327 e. The second-order valence-corrected chi connectivity index (χ2v) is 5.75. The van der Waals surface area contributed by atoms with E-state index in [1.807, 2.05) is 19.9 Å². The zero-order chi connectivity index (χ0) is 14.7. The van der Waals surface area contributed by atoms with Crippen LogP contribution < -0.4 is 4.74 Å². The van der Waals surface area contributed by atoms with Gasteiger partial charge in [-0.25, -0.2) is 4.79 Å². The van der Waals surface area contributed by atoms with Gasteiger partial charge in [-0.1, -0.05) is 11.6 Å². The number of amides is 3. The van der Waals surface area contributed by atoms with Crippen LogP contribution in [0.4, 0.5) is 4.79 Å². The fourth-order valence-corrected chi connectivity index (χ4v) is 3.19. The third-order valence-electron chi connectivity index (χ3n) is 4.41. The highest BCUT2D eigenvalue weighted by atomic mass is 16.5. The van der Waals surface area contributed by atoms with E-state index in [-0.39, 0.29) is 18.4 Å². The fraction of sp³-hybridized carbons (Fsp3) is 0.467. The number of nitrogens with zero attached hydrogens (tertiary/aromatic N) is 2. The highest BCUT2D eigenvalue weighted by molar-refractivity contribution is 5.98. The lowest BCUT2D eigenvalue weighted by atomic mass is 9.83. The first kappa shape index (κ1) is 13.0. The van der Waals surface area contributed by atoms with E-state index < -0.39 is 5.54 Å². The van der Waals surface area contributed by atoms with Crippen molar-refractivity contribution < 1.29 is 14.3 Å². The molecular weight excluding hydrogens is 256 g/mol. The van der Waals surface area contributed by atoms with Gasteiger partial charge < -0.3 is 9.64 Å². The van der Waals surface area contributed by atoms with Crippen molar-refractivity contribution in [1.29, 1.82) is 0 Å². The van der Waals surface area contributed by atoms with E-state index in [0.717, 1.165) is 22.4 Å². The van der Waals surface area contributed by atoms with Gasteiger partial charge in [0.1, 0.15) is 17.9 Å². The molecule has 1 aromatic rings. The molecule has 1 saturated heterocycles. The average Bonchev–Trinajstić information content (AvgIpc) is 2.74. The lowest BCUT2D eigenvalue weighted by Crippen LogP contribution is -2.60. The third-order valence-corrected chi connectivity index (χ3v) is 4.41. The molecule has 5 heteroatoms. The van der Waals surface area contributed by atoms with Gasteiger partial charge in [-0.15, -0.1) is 0 Å². The number of aryl methyl sites for hydroxylation is 2. The van der Waals surface area contributed by atoms with Gasteiger partial charge in [0.25, 0.3) is 0 Å². The minimum absolute atomic E-state index is 0.163. The molecule has 1 atom stereocenters. The molecule has 1 spiro atoms. The molecule has 0 bridgehead atoms. The first-order valence-electron chi connectivity index (χ1n) is 6.66. The van der Waals surface area contributed by atoms with E-state index in [0.29, 0.717) is 6.61 Å². The molecule has 20 heavy (non-hydrogen) atoms. The van der Waals surface area contributed by atoms with Gasteiger partial charge in [-0.3, -0.25) is 9.69 Å². The first-order valence-corrected chi connectivity index (χ1v) is 6.66. The number of hydrogen-bond donors (Lipinski definition) is 0. The van der Waals surface area contributed by atoms with Gasteiger partial charge in [0.2, 0.25) is 5.91 Å². The molecule has 1 aromatic carbocycles. The summed E-state index contributed by atoms with van der Waals surface area (Å²) in [5.74, 6) is 0.649. The summed E-state index contributed by atoms with van der Waals surface area (Å²) in [6, 6.07) is 3.80. The van der Waals surface area contributed by atoms with Crippen molar-refractivity contribution >= 4 is 11.9 Å². The summed E-state index contributed by atoms with van der Waals surface area (Å²) in [7, 11) is 3.26. The molecule has 2 aliphatic heterocycles. The lowest BCUT2D eigenvalue weighted by Gasteiger charge is -2.43. The van der Waals surface area contributed by atoms with Gasteiger partial charge in [-0.05, 0) is 25.5 Å². The van der Waals surface area contributed by atoms with Crippen LogP contribution >= 0.6 is 0 Å². The van der Waals surface area contributed by atoms with E-state index in [4.69, 9.17) is 4.74 Å². The van der Waals surface area contributed by atoms with Gasteiger partial charge in [0.05, 0.1) is 6.42 Å². The van der Waals surface area contributed by atoms with Crippen LogP contribution in [0.5, 0.6) is 5.75 Å². The van der Waals surface area contributed by atoms with Crippen molar-refractivity contribution in [2.75, 3.05) is 20.7 Å². The first-order chi connectivity index (χ1) is 9.36. The van der Waals surface area contributed by atoms with Crippen LogP contribution in [0.15, 0.2) is 12.1 Å². The number of hydrogen-bond acceptors (Lipinski definition) is 3. The molecule has 0 saturated carbocycles. The average molecular weight is 274 g/mol. The second-order valence-electron chi connectivity index (χ2n) is 5.75. The SMILES string of the molecule is Cc1cc(C)c2c(c1)C1(CO2)CC(=O)N(C)C(=O)N1C. The van der Waals surface area contributed by atoms with Crippen molar-refractivity contribution in [2.24, 2.45) is 0 Å². The number of likely N-dealkylation sites (N-methyl/N-ethyl adjacent to an activating group) is 1. The van der Waals surface area contributed by atoms with Gasteiger partial charge in [-0.2, -0.15) is 0 Å². The molecule has 3 rings (SSSR count). The largest absolute Gasteiger partial charge is 0.490 e. The predicted octanol–water partition coefficient (Wildman–Crippen LogP) is 1.81. The van der Waals surface area contributed by atoms with E-state index >= 15 is 0 Å². The molecule has 1 fully saturated rings. The quantitative estimate of drug-likeness (QED) is 0.725. The topological polar surface area (TPSA) is 49.9 Å². The summed E-state index contributed by atoms with van der Waals surface area (Å²) < 4.78 is 5.82. The van der Waals surface area contributed by atoms with Crippen LogP contribution in [-0.4, -0.2) is 42.4 Å². The van der Waals surface area contributed by atoms with Gasteiger partial charge in [0.15, 0.2) is 0 Å². The number of urea groups is 1. The number of fused-ring (bicyclic) bond motifs is 2. The number of ether oxygens (including phenoxy) is 1. The van der Waals surface area contributed by atoms with Crippen LogP contribution in [-0.2, 0) is 10.3 Å². The van der Waals surface area contributed by atoms with Crippen molar-refractivity contribution in [3.63, 3.8) is 0 Å². The van der Waals surface area contributed by atoms with Crippen LogP contribution in [0.3, 0.4) is 0 Å². The number of carbonyl (C=O) groups is 2. The summed E-state index contributed by atoms with van der Waals surface area (Å²) in [6.45, 7) is 4.34. The third kappa shape index (κ3) is 1.49. The number of imide groups is 1. The minimum atomic E-state index is -0.660. The molecule has 3 amide bonds. The normalized spacial score (nSPS) is 25.2. The molecule has 106 valence electrons. The van der Waals surface area contributed by atoms with Crippen molar-refractivity contribution in [3.05, 3.63) is 28.8 Å². The van der Waals surface area contributed by atoms with Crippen molar-refractivity contribution in [3.8, 4) is 5.75 Å². The fourth-order valence-electron chi connectivity index (χ4n) is 3.19. The number of benzene rings is 1. The maximum atomic E-state index is 12.3. The Morgan fingerprint density at radius 1 is 1.20 bits per heavy atom. The Balaban J connectivity index is 2.17. The molecule has 0 radical (unpaired) electrons. The molecule has 0 aromatic heterocycles. The molecule has 2 heterocycles. The standard InChI is InChI=1S/C15H18N2O3/c1-9-5-10(2)13-11(6-9)15(8-20-13)7-12(18)16(3)14(19)17(15)4/h5-6H,7-8H2,1-4H3. The summed E-state index contributed by atoms with van der Waals surface area (Å²) in [4.78, 5) is 27.2. The number of carbonyl (C=O) groups excluding carboxylic acids is 2. The van der Waals surface area contributed by atoms with Crippen LogP contribution in [0, 0.1) is 13.8 Å². The molecule has 0 N–H and O–H groups in total. The minimum Gasteiger partial charge on any atom is -0.490 e. The van der Waals surface area contributed by atoms with Crippen LogP contribution in [0.1, 0.15) is 23.1 Å². The predicted molar refractivity (Wildman–Crippen MR) is 73.6 cm³/mol. The molecule has 1 unspecified atom stereocenters. The Hall–Kier alpha value is -2.04. The Morgan fingerprint density at radius 3 is 2.60 bits per heavy atom. The van der Waals surface area contributed by atoms with Crippen molar-refractivity contribution in [1.82, 2.24) is 9.80 Å². The van der Waals surface area contributed by atoms with E-state index in [2.05, 4.69) is 6.07 Å². The summed E-state index contributed by atoms with van der Waals surface area (Å²) in [5.41, 5.74) is 2.45. The molecule has 5 nitrogen and oxygen atoms in total. The molecular formula is C15H18N2O3. The summed E-state index contributed by atoms with van der Waals surface area (Å²) in [6.07, 6.45) is 0.266. The highest BCUT2D eigenvalue weighted by Crippen LogP contribution is 2.47. The van der Waals surface area contributed by atoms with E-state index in [1.165, 1.54) is 11.9 Å². The van der Waals surface area contributed by atoms with Crippen LogP contribution in [0.2, 0.25) is 0 Å². The zero-order valence-corrected chi connectivity index (χ0v) is 12.2. The smallest absolute Gasteiger partial charge is 0.327 e. The Bertz CT molecular complexity index is 626. The Labute approximate surface area is 118 Å². The zero-order valence-electron chi connectivity index (χ0n) is 12.2. The number of rotatable bonds is 0. The monoisotopic (exact) mass is 274 g/mol. The maximum absolute atomic E-state index is 12.3. The Kier molecular flexibility index (Phi) is 2.58. The van der Waals surface area contributed by atoms with Gasteiger partial charge >= 0.3 is 6.03 Å².